The number of rotatable bonds is 7. The summed E-state index contributed by atoms with van der Waals surface area (Å²) in [5, 5.41) is 2.36. The van der Waals surface area contributed by atoms with E-state index in [1.807, 2.05) is 48.5 Å². The van der Waals surface area contributed by atoms with E-state index in [2.05, 4.69) is 9.50 Å². The lowest BCUT2D eigenvalue weighted by atomic mass is 9.78. The van der Waals surface area contributed by atoms with E-state index >= 15 is 0 Å². The summed E-state index contributed by atoms with van der Waals surface area (Å²) in [5.41, 5.74) is 2.68. The van der Waals surface area contributed by atoms with Gasteiger partial charge in [-0.25, -0.2) is 4.79 Å². The summed E-state index contributed by atoms with van der Waals surface area (Å²) in [6.45, 7) is -4.72. The number of nitrogens with one attached hydrogen (secondary N) is 1. The number of amides is 1. The molecule has 0 saturated heterocycles. The summed E-state index contributed by atoms with van der Waals surface area (Å²) in [7, 11) is -5.55. The van der Waals surface area contributed by atoms with Gasteiger partial charge < -0.3 is 27.2 Å². The van der Waals surface area contributed by atoms with Crippen LogP contribution in [0.1, 0.15) is 28.2 Å². The van der Waals surface area contributed by atoms with Gasteiger partial charge in [-0.1, -0.05) is 58.5 Å². The van der Waals surface area contributed by atoms with Gasteiger partial charge in [-0.2, -0.15) is 8.42 Å². The second-order valence-electron chi connectivity index (χ2n) is 8.03. The molecule has 6 nitrogen and oxygen atoms in total. The Labute approximate surface area is 199 Å². The second kappa shape index (κ2) is 9.25. The van der Waals surface area contributed by atoms with Gasteiger partial charge in [-0.3, -0.25) is 0 Å². The van der Waals surface area contributed by atoms with Crippen LogP contribution in [0.3, 0.4) is 0 Å². The summed E-state index contributed by atoms with van der Waals surface area (Å²) < 4.78 is 83.9. The average Bonchev–Trinajstić information content (AvgIpc) is 3.10. The molecule has 35 heavy (non-hydrogen) atoms. The Hall–Kier alpha value is -3.54. The third kappa shape index (κ3) is 5.42. The van der Waals surface area contributed by atoms with Crippen molar-refractivity contribution in [3.63, 3.8) is 0 Å². The molecular weight excluding hydrogens is 489 g/mol. The van der Waals surface area contributed by atoms with Gasteiger partial charge in [0.05, 0.1) is 0 Å². The van der Waals surface area contributed by atoms with E-state index in [9.17, 15) is 30.0 Å². The van der Waals surface area contributed by atoms with Crippen molar-refractivity contribution in [3.05, 3.63) is 82.9 Å². The molecule has 0 aliphatic heterocycles. The van der Waals surface area contributed by atoms with Gasteiger partial charge in [0.25, 0.3) is 0 Å². The number of ether oxygens (including phenoxy) is 1. The molecule has 184 valence electrons. The van der Waals surface area contributed by atoms with Crippen LogP contribution < -0.4 is 15.0 Å². The highest BCUT2D eigenvalue weighted by Crippen LogP contribution is 2.44. The number of halogens is 4. The third-order valence-corrected chi connectivity index (χ3v) is 6.20. The Kier molecular flexibility index (Phi) is 6.50. The van der Waals surface area contributed by atoms with Crippen molar-refractivity contribution >= 4 is 29.0 Å². The van der Waals surface area contributed by atoms with Gasteiger partial charge in [0.2, 0.25) is 0 Å². The van der Waals surface area contributed by atoms with Crippen molar-refractivity contribution in [1.29, 1.82) is 0 Å². The zero-order valence-electron chi connectivity index (χ0n) is 18.3. The molecule has 0 saturated carbocycles. The largest absolute Gasteiger partial charge is 0.509 e. The molecule has 0 spiro atoms. The van der Waals surface area contributed by atoms with E-state index in [-0.39, 0.29) is 23.7 Å². The van der Waals surface area contributed by atoms with Crippen LogP contribution in [-0.4, -0.2) is 28.1 Å². The first-order valence-electron chi connectivity index (χ1n) is 10.5. The number of hydrogen-bond acceptors (Lipinski definition) is 5. The molecule has 0 fully saturated rings. The summed E-state index contributed by atoms with van der Waals surface area (Å²) in [6.07, 6.45) is -0.880. The smallest absolute Gasteiger partial charge is 0.449 e. The van der Waals surface area contributed by atoms with E-state index in [1.165, 1.54) is 6.92 Å². The number of fused-ring (bicyclic) bond motifs is 3. The lowest BCUT2D eigenvalue weighted by Gasteiger charge is -2.20. The number of benzene rings is 3. The predicted molar refractivity (Wildman–Crippen MR) is 122 cm³/mol. The fourth-order valence-corrected chi connectivity index (χ4v) is 4.54. The van der Waals surface area contributed by atoms with Crippen LogP contribution in [0.2, 0.25) is 0 Å². The summed E-state index contributed by atoms with van der Waals surface area (Å²) in [4.78, 5) is 12.4. The molecule has 0 unspecified atom stereocenters. The first-order chi connectivity index (χ1) is 16.4. The topological polar surface area (TPSA) is 81.7 Å². The fourth-order valence-electron chi connectivity index (χ4n) is 4.15. The van der Waals surface area contributed by atoms with Crippen LogP contribution >= 0.6 is 0 Å². The summed E-state index contributed by atoms with van der Waals surface area (Å²) in [6, 6.07) is 16.6. The zero-order chi connectivity index (χ0) is 25.4. The van der Waals surface area contributed by atoms with Crippen LogP contribution in [0.15, 0.2) is 60.7 Å². The highest BCUT2D eigenvalue weighted by Gasteiger charge is 2.30. The Morgan fingerprint density at radius 3 is 2.11 bits per heavy atom. The molecule has 1 N–H and O–H groups in total. The van der Waals surface area contributed by atoms with Crippen LogP contribution in [-0.2, 0) is 21.8 Å². The highest BCUT2D eigenvalue weighted by molar-refractivity contribution is 7.81. The van der Waals surface area contributed by atoms with Gasteiger partial charge in [-0.05, 0) is 46.4 Å². The predicted octanol–water partition coefficient (Wildman–Crippen LogP) is 4.68. The van der Waals surface area contributed by atoms with Gasteiger partial charge in [0.1, 0.15) is 12.4 Å². The van der Waals surface area contributed by atoms with Crippen LogP contribution in [0.5, 0.6) is 5.75 Å². The fraction of sp³-hybridized carbons (Fsp3) is 0.174. The molecule has 0 atom stereocenters. The molecule has 0 radical (unpaired) electrons. The standard InChI is InChI=1S/C23H19BF4NO5S/c1-14-15(10-16(24(25,26)27)11-22(14)34-35(28,31)32)12-29-23(30)33-13-21-19-8-4-2-6-17(19)18-7-3-5-9-20(18)21/h2-11,21H,12-13H2,1H3,(H,29,30)/q-1. The minimum absolute atomic E-state index is 0.000992. The number of hydrogen-bond donors (Lipinski definition) is 1. The van der Waals surface area contributed by atoms with E-state index < -0.39 is 41.3 Å². The Bertz CT molecular complexity index is 1350. The van der Waals surface area contributed by atoms with Crippen molar-refractivity contribution in [1.82, 2.24) is 5.32 Å². The summed E-state index contributed by atoms with van der Waals surface area (Å²) >= 11 is 0. The monoisotopic (exact) mass is 508 g/mol. The van der Waals surface area contributed by atoms with Crippen molar-refractivity contribution in [2.45, 2.75) is 19.4 Å². The molecular formula is C23H19BF4NO5S-. The van der Waals surface area contributed by atoms with Crippen LogP contribution in [0.25, 0.3) is 11.1 Å². The van der Waals surface area contributed by atoms with E-state index in [0.717, 1.165) is 28.3 Å². The first-order valence-corrected chi connectivity index (χ1v) is 11.8. The van der Waals surface area contributed by atoms with Crippen LogP contribution in [0.4, 0.5) is 21.6 Å². The van der Waals surface area contributed by atoms with E-state index in [4.69, 9.17) is 4.74 Å². The average molecular weight is 508 g/mol. The molecule has 3 aromatic rings. The maximum absolute atomic E-state index is 13.3. The molecule has 1 aliphatic carbocycles. The Balaban J connectivity index is 1.48. The molecule has 0 aromatic heterocycles. The molecule has 4 rings (SSSR count). The maximum atomic E-state index is 13.3. The number of alkyl carbamates (subject to hydrolysis) is 1. The summed E-state index contributed by atoms with van der Waals surface area (Å²) in [5.74, 6) is -1.02. The van der Waals surface area contributed by atoms with Crippen LogP contribution in [0, 0.1) is 6.92 Å². The number of carbonyl (C=O) groups is 1. The van der Waals surface area contributed by atoms with Gasteiger partial charge in [-0.15, -0.1) is 5.46 Å². The second-order valence-corrected chi connectivity index (χ2v) is 8.99. The van der Waals surface area contributed by atoms with Gasteiger partial charge in [0, 0.05) is 12.5 Å². The minimum atomic E-state index is -5.55. The van der Waals surface area contributed by atoms with Crippen molar-refractivity contribution in [2.75, 3.05) is 6.61 Å². The first kappa shape index (κ1) is 24.6. The zero-order valence-corrected chi connectivity index (χ0v) is 19.1. The van der Waals surface area contributed by atoms with E-state index in [1.54, 1.807) is 0 Å². The normalized spacial score (nSPS) is 13.2. The van der Waals surface area contributed by atoms with Crippen molar-refractivity contribution < 1.29 is 39.0 Å². The molecule has 1 amide bonds. The van der Waals surface area contributed by atoms with Crippen molar-refractivity contribution in [2.24, 2.45) is 0 Å². The molecule has 3 aromatic carbocycles. The SMILES string of the molecule is Cc1c(CNC(=O)OCC2c3ccccc3-c3ccccc32)cc([B-](F)(F)F)cc1OS(=O)(=O)F. The molecule has 0 bridgehead atoms. The quantitative estimate of drug-likeness (QED) is 0.285. The minimum Gasteiger partial charge on any atom is -0.449 e. The van der Waals surface area contributed by atoms with Gasteiger partial charge in [0.15, 0.2) is 0 Å². The van der Waals surface area contributed by atoms with E-state index in [0.29, 0.717) is 6.07 Å². The molecule has 0 heterocycles. The van der Waals surface area contributed by atoms with Crippen molar-refractivity contribution in [3.8, 4) is 16.9 Å². The third-order valence-electron chi connectivity index (χ3n) is 5.82. The lowest BCUT2D eigenvalue weighted by molar-refractivity contribution is 0.142. The lowest BCUT2D eigenvalue weighted by Crippen LogP contribution is -2.35. The maximum Gasteiger partial charge on any atom is 0.509 e. The highest BCUT2D eigenvalue weighted by atomic mass is 32.3. The molecule has 12 heteroatoms. The Morgan fingerprint density at radius 2 is 1.57 bits per heavy atom. The number of carbonyl (C=O) groups excluding carboxylic acids is 1. The molecule has 1 aliphatic rings. The van der Waals surface area contributed by atoms with Gasteiger partial charge >= 0.3 is 23.6 Å². The Morgan fingerprint density at radius 1 is 1.00 bits per heavy atom.